The molecule has 5 nitrogen and oxygen atoms in total. The third-order valence-electron chi connectivity index (χ3n) is 5.07. The molecule has 1 saturated heterocycles. The highest BCUT2D eigenvalue weighted by Gasteiger charge is 2.56. The predicted octanol–water partition coefficient (Wildman–Crippen LogP) is 3.99. The maximum absolute atomic E-state index is 13.4. The van der Waals surface area contributed by atoms with Gasteiger partial charge in [0.2, 0.25) is 11.8 Å². The summed E-state index contributed by atoms with van der Waals surface area (Å²) in [5.41, 5.74) is 1.50. The lowest BCUT2D eigenvalue weighted by molar-refractivity contribution is -0.122. The molecule has 5 rings (SSSR count). The number of hydrogen-bond acceptors (Lipinski definition) is 5. The number of rotatable bonds is 2. The smallest absolute Gasteiger partial charge is 0.305 e. The number of benzene rings is 2. The van der Waals surface area contributed by atoms with Crippen molar-refractivity contribution < 1.29 is 9.59 Å². The van der Waals surface area contributed by atoms with Crippen molar-refractivity contribution >= 4 is 56.5 Å². The number of halogens is 1. The van der Waals surface area contributed by atoms with E-state index in [1.54, 1.807) is 12.1 Å². The van der Waals surface area contributed by atoms with Crippen molar-refractivity contribution in [2.75, 3.05) is 4.90 Å². The van der Waals surface area contributed by atoms with E-state index in [0.717, 1.165) is 26.3 Å². The average Bonchev–Trinajstić information content (AvgIpc) is 3.18. The first-order chi connectivity index (χ1) is 13.5. The van der Waals surface area contributed by atoms with Crippen LogP contribution in [-0.2, 0) is 9.59 Å². The van der Waals surface area contributed by atoms with Crippen LogP contribution in [0.25, 0.3) is 0 Å². The number of nitrogens with zero attached hydrogens (tertiary/aromatic N) is 1. The molecule has 1 fully saturated rings. The number of aromatic amines is 1. The van der Waals surface area contributed by atoms with Gasteiger partial charge in [-0.1, -0.05) is 69.4 Å². The molecule has 8 heteroatoms. The number of imide groups is 1. The second-order valence-corrected chi connectivity index (χ2v) is 9.73. The average molecular weight is 473 g/mol. The highest BCUT2D eigenvalue weighted by Crippen LogP contribution is 2.53. The Bertz CT molecular complexity index is 1140. The summed E-state index contributed by atoms with van der Waals surface area (Å²) in [4.78, 5) is 43.4. The van der Waals surface area contributed by atoms with Gasteiger partial charge in [-0.3, -0.25) is 14.4 Å². The maximum atomic E-state index is 13.4. The fourth-order valence-corrected chi connectivity index (χ4v) is 6.66. The van der Waals surface area contributed by atoms with E-state index in [1.165, 1.54) is 16.7 Å². The van der Waals surface area contributed by atoms with Crippen LogP contribution < -0.4 is 9.77 Å². The highest BCUT2D eigenvalue weighted by atomic mass is 79.9. The molecule has 0 bridgehead atoms. The number of fused-ring (bicyclic) bond motifs is 2. The number of H-pyrrole nitrogens is 1. The van der Waals surface area contributed by atoms with E-state index in [9.17, 15) is 14.4 Å². The van der Waals surface area contributed by atoms with Crippen molar-refractivity contribution in [3.8, 4) is 0 Å². The lowest BCUT2D eigenvalue weighted by atomic mass is 9.83. The van der Waals surface area contributed by atoms with Crippen LogP contribution in [0.3, 0.4) is 0 Å². The summed E-state index contributed by atoms with van der Waals surface area (Å²) in [6, 6.07) is 16.7. The van der Waals surface area contributed by atoms with Crippen LogP contribution >= 0.6 is 39.0 Å². The van der Waals surface area contributed by atoms with Gasteiger partial charge in [-0.15, -0.1) is 0 Å². The Labute approximate surface area is 176 Å². The van der Waals surface area contributed by atoms with Crippen LogP contribution in [0.1, 0.15) is 16.4 Å². The summed E-state index contributed by atoms with van der Waals surface area (Å²) in [5.74, 6) is -1.32. The largest absolute Gasteiger partial charge is 0.307 e. The SMILES string of the molecule is O=C1C2Sc3[nH]c(=O)sc3[C@H](c3ccc(Br)cc3)C2C(=O)N1c1ccccc1. The van der Waals surface area contributed by atoms with E-state index in [4.69, 9.17) is 0 Å². The summed E-state index contributed by atoms with van der Waals surface area (Å²) < 4.78 is 0.931. The molecule has 28 heavy (non-hydrogen) atoms. The lowest BCUT2D eigenvalue weighted by Crippen LogP contribution is -2.32. The van der Waals surface area contributed by atoms with Crippen molar-refractivity contribution in [3.63, 3.8) is 0 Å². The molecule has 0 aliphatic carbocycles. The predicted molar refractivity (Wildman–Crippen MR) is 113 cm³/mol. The zero-order valence-electron chi connectivity index (χ0n) is 14.3. The molecule has 1 N–H and O–H groups in total. The quantitative estimate of drug-likeness (QED) is 0.572. The van der Waals surface area contributed by atoms with Crippen LogP contribution in [-0.4, -0.2) is 22.0 Å². The van der Waals surface area contributed by atoms with Crippen LogP contribution in [0, 0.1) is 5.92 Å². The fourth-order valence-electron chi connectivity index (χ4n) is 3.88. The fraction of sp³-hybridized carbons (Fsp3) is 0.150. The molecule has 3 aromatic rings. The molecule has 3 atom stereocenters. The Morgan fingerprint density at radius 1 is 0.929 bits per heavy atom. The first kappa shape index (κ1) is 17.9. The molecule has 1 aromatic heterocycles. The van der Waals surface area contributed by atoms with Crippen molar-refractivity contribution in [1.82, 2.24) is 4.98 Å². The Kier molecular flexibility index (Phi) is 4.30. The highest BCUT2D eigenvalue weighted by molar-refractivity contribution is 9.10. The molecular weight excluding hydrogens is 460 g/mol. The zero-order chi connectivity index (χ0) is 19.4. The number of aromatic nitrogens is 1. The zero-order valence-corrected chi connectivity index (χ0v) is 17.5. The minimum atomic E-state index is -0.556. The second kappa shape index (κ2) is 6.72. The number of carbonyl (C=O) groups excluding carboxylic acids is 2. The topological polar surface area (TPSA) is 70.2 Å². The van der Waals surface area contributed by atoms with Gasteiger partial charge in [0.1, 0.15) is 5.25 Å². The van der Waals surface area contributed by atoms with Gasteiger partial charge in [-0.05, 0) is 29.8 Å². The van der Waals surface area contributed by atoms with Gasteiger partial charge in [0.15, 0.2) is 0 Å². The number of thiazole rings is 1. The molecule has 0 saturated carbocycles. The molecule has 2 amide bonds. The van der Waals surface area contributed by atoms with E-state index >= 15 is 0 Å². The molecule has 2 aromatic carbocycles. The number of hydrogen-bond donors (Lipinski definition) is 1. The standard InChI is InChI=1S/C20H13BrN2O3S2/c21-11-8-6-10(7-9-11)13-14-16(27-17-15(13)28-20(26)22-17)19(25)23(18(14)24)12-4-2-1-3-5-12/h1-9,13-14,16H,(H,22,26)/t13-,14?,16?/m1/s1. The number of para-hydroxylation sites is 1. The number of thioether (sulfide) groups is 1. The van der Waals surface area contributed by atoms with Gasteiger partial charge in [-0.25, -0.2) is 4.90 Å². The van der Waals surface area contributed by atoms with Gasteiger partial charge in [0.25, 0.3) is 0 Å². The molecule has 2 aliphatic rings. The van der Waals surface area contributed by atoms with E-state index in [2.05, 4.69) is 20.9 Å². The molecule has 140 valence electrons. The summed E-state index contributed by atoms with van der Waals surface area (Å²) in [7, 11) is 0. The molecule has 0 radical (unpaired) electrons. The van der Waals surface area contributed by atoms with Crippen molar-refractivity contribution in [3.05, 3.63) is 79.2 Å². The number of carbonyl (C=O) groups is 2. The van der Waals surface area contributed by atoms with Gasteiger partial charge >= 0.3 is 4.87 Å². The summed E-state index contributed by atoms with van der Waals surface area (Å²) in [5, 5.41) is 0.138. The van der Waals surface area contributed by atoms with Crippen LogP contribution in [0.4, 0.5) is 5.69 Å². The Balaban J connectivity index is 1.66. The number of amides is 2. The summed E-state index contributed by atoms with van der Waals surface area (Å²) >= 11 is 5.85. The van der Waals surface area contributed by atoms with Crippen LogP contribution in [0.2, 0.25) is 0 Å². The monoisotopic (exact) mass is 472 g/mol. The minimum Gasteiger partial charge on any atom is -0.307 e. The van der Waals surface area contributed by atoms with Crippen molar-refractivity contribution in [1.29, 1.82) is 0 Å². The Morgan fingerprint density at radius 3 is 2.36 bits per heavy atom. The minimum absolute atomic E-state index is 0.167. The van der Waals surface area contributed by atoms with Gasteiger partial charge < -0.3 is 4.98 Å². The Hall–Kier alpha value is -2.16. The first-order valence-electron chi connectivity index (χ1n) is 8.62. The summed E-state index contributed by atoms with van der Waals surface area (Å²) in [6.45, 7) is 0. The van der Waals surface area contributed by atoms with Gasteiger partial charge in [-0.2, -0.15) is 0 Å². The van der Waals surface area contributed by atoms with E-state index < -0.39 is 11.2 Å². The van der Waals surface area contributed by atoms with Crippen LogP contribution in [0.15, 0.2) is 68.9 Å². The third kappa shape index (κ3) is 2.70. The van der Waals surface area contributed by atoms with Crippen molar-refractivity contribution in [2.45, 2.75) is 16.2 Å². The maximum Gasteiger partial charge on any atom is 0.305 e. The number of nitrogens with one attached hydrogen (secondary N) is 1. The van der Waals surface area contributed by atoms with Crippen LogP contribution in [0.5, 0.6) is 0 Å². The lowest BCUT2D eigenvalue weighted by Gasteiger charge is -2.29. The molecule has 0 spiro atoms. The first-order valence-corrected chi connectivity index (χ1v) is 11.1. The molecular formula is C20H13BrN2O3S2. The van der Waals surface area contributed by atoms with Gasteiger partial charge in [0, 0.05) is 15.3 Å². The molecule has 2 aliphatic heterocycles. The van der Waals surface area contributed by atoms with E-state index in [1.807, 2.05) is 42.5 Å². The third-order valence-corrected chi connectivity index (χ3v) is 8.00. The number of anilines is 1. The normalized spacial score (nSPS) is 23.6. The molecule has 2 unspecified atom stereocenters. The van der Waals surface area contributed by atoms with Crippen molar-refractivity contribution in [2.24, 2.45) is 5.92 Å². The molecule has 3 heterocycles. The Morgan fingerprint density at radius 2 is 1.64 bits per heavy atom. The van der Waals surface area contributed by atoms with Gasteiger partial charge in [0.05, 0.1) is 16.6 Å². The van der Waals surface area contributed by atoms with E-state index in [0.29, 0.717) is 10.7 Å². The second-order valence-electron chi connectivity index (χ2n) is 6.65. The summed E-state index contributed by atoms with van der Waals surface area (Å²) in [6.07, 6.45) is 0. The van der Waals surface area contributed by atoms with E-state index in [-0.39, 0.29) is 22.6 Å².